The van der Waals surface area contributed by atoms with Crippen molar-refractivity contribution in [2.75, 3.05) is 13.2 Å². The highest BCUT2D eigenvalue weighted by Gasteiger charge is 2.47. The monoisotopic (exact) mass is 347 g/mol. The SMILES string of the molecule is CCCCOC(C=O)(Cc1cccc(C=O)c1)C1CCCN1C(=O)O. The summed E-state index contributed by atoms with van der Waals surface area (Å²) in [6.45, 7) is 2.83. The second-order valence-electron chi connectivity index (χ2n) is 6.45. The van der Waals surface area contributed by atoms with Gasteiger partial charge in [0, 0.05) is 25.1 Å². The minimum atomic E-state index is -1.23. The number of amides is 1. The van der Waals surface area contributed by atoms with E-state index in [9.17, 15) is 19.5 Å². The molecular formula is C19H25NO5. The fourth-order valence-corrected chi connectivity index (χ4v) is 3.42. The van der Waals surface area contributed by atoms with Gasteiger partial charge in [-0.25, -0.2) is 4.79 Å². The summed E-state index contributed by atoms with van der Waals surface area (Å²) < 4.78 is 6.00. The van der Waals surface area contributed by atoms with Gasteiger partial charge < -0.3 is 19.5 Å². The Kier molecular flexibility index (Phi) is 6.70. The summed E-state index contributed by atoms with van der Waals surface area (Å²) in [5, 5.41) is 9.47. The van der Waals surface area contributed by atoms with Crippen LogP contribution in [0.2, 0.25) is 0 Å². The molecule has 0 aliphatic carbocycles. The van der Waals surface area contributed by atoms with Crippen LogP contribution in [-0.4, -0.2) is 53.5 Å². The van der Waals surface area contributed by atoms with Crippen LogP contribution in [0.5, 0.6) is 0 Å². The number of carboxylic acid groups (broad SMARTS) is 1. The summed E-state index contributed by atoms with van der Waals surface area (Å²) in [5.74, 6) is 0. The van der Waals surface area contributed by atoms with E-state index in [1.165, 1.54) is 4.90 Å². The molecule has 1 saturated heterocycles. The number of likely N-dealkylation sites (tertiary alicyclic amines) is 1. The Balaban J connectivity index is 2.34. The third kappa shape index (κ3) is 4.45. The summed E-state index contributed by atoms with van der Waals surface area (Å²) in [7, 11) is 0. The molecule has 136 valence electrons. The Morgan fingerprint density at radius 3 is 2.88 bits per heavy atom. The lowest BCUT2D eigenvalue weighted by Gasteiger charge is -2.38. The van der Waals surface area contributed by atoms with Crippen molar-refractivity contribution in [3.63, 3.8) is 0 Å². The molecule has 0 radical (unpaired) electrons. The molecule has 0 bridgehead atoms. The van der Waals surface area contributed by atoms with E-state index in [1.54, 1.807) is 18.2 Å². The van der Waals surface area contributed by atoms with Crippen molar-refractivity contribution < 1.29 is 24.2 Å². The van der Waals surface area contributed by atoms with Crippen LogP contribution in [0, 0.1) is 0 Å². The first-order valence-corrected chi connectivity index (χ1v) is 8.70. The van der Waals surface area contributed by atoms with E-state index in [4.69, 9.17) is 4.74 Å². The number of carbonyl (C=O) groups is 3. The van der Waals surface area contributed by atoms with E-state index in [2.05, 4.69) is 0 Å². The molecular weight excluding hydrogens is 322 g/mol. The first-order valence-electron chi connectivity index (χ1n) is 8.70. The lowest BCUT2D eigenvalue weighted by atomic mass is 9.86. The molecule has 2 rings (SSSR count). The number of hydrogen-bond acceptors (Lipinski definition) is 4. The number of ether oxygens (including phenoxy) is 1. The van der Waals surface area contributed by atoms with Crippen molar-refractivity contribution in [1.82, 2.24) is 4.90 Å². The zero-order chi connectivity index (χ0) is 18.3. The lowest BCUT2D eigenvalue weighted by Crippen LogP contribution is -2.55. The number of unbranched alkanes of at least 4 members (excludes halogenated alkanes) is 1. The second-order valence-corrected chi connectivity index (χ2v) is 6.45. The van der Waals surface area contributed by atoms with Gasteiger partial charge in [0.05, 0.1) is 6.04 Å². The fraction of sp³-hybridized carbons (Fsp3) is 0.526. The number of nitrogens with zero attached hydrogens (tertiary/aromatic N) is 1. The van der Waals surface area contributed by atoms with Gasteiger partial charge in [0.25, 0.3) is 0 Å². The van der Waals surface area contributed by atoms with Crippen LogP contribution in [0.4, 0.5) is 4.79 Å². The van der Waals surface area contributed by atoms with Crippen LogP contribution >= 0.6 is 0 Å². The predicted octanol–water partition coefficient (Wildman–Crippen LogP) is 2.94. The molecule has 6 nitrogen and oxygen atoms in total. The molecule has 6 heteroatoms. The molecule has 1 fully saturated rings. The average Bonchev–Trinajstić information content (AvgIpc) is 3.12. The van der Waals surface area contributed by atoms with E-state index >= 15 is 0 Å². The van der Waals surface area contributed by atoms with Crippen LogP contribution in [0.3, 0.4) is 0 Å². The summed E-state index contributed by atoms with van der Waals surface area (Å²) in [5.41, 5.74) is 0.0729. The largest absolute Gasteiger partial charge is 0.465 e. The van der Waals surface area contributed by atoms with Crippen molar-refractivity contribution in [3.05, 3.63) is 35.4 Å². The summed E-state index contributed by atoms with van der Waals surface area (Å²) in [6.07, 6.45) is 3.73. The number of benzene rings is 1. The van der Waals surface area contributed by atoms with Crippen LogP contribution in [0.25, 0.3) is 0 Å². The molecule has 1 heterocycles. The Bertz CT molecular complexity index is 618. The standard InChI is InChI=1S/C19H25NO5/c1-2-3-10-25-19(14-22,17-8-5-9-20(17)18(23)24)12-15-6-4-7-16(11-15)13-21/h4,6-7,11,13-14,17H,2-3,5,8-10,12H2,1H3,(H,23,24). The molecule has 0 spiro atoms. The van der Waals surface area contributed by atoms with Gasteiger partial charge in [-0.3, -0.25) is 4.79 Å². The molecule has 2 atom stereocenters. The zero-order valence-corrected chi connectivity index (χ0v) is 14.5. The molecule has 1 N–H and O–H groups in total. The maximum Gasteiger partial charge on any atom is 0.407 e. The molecule has 1 aromatic rings. The van der Waals surface area contributed by atoms with E-state index in [0.717, 1.165) is 31.0 Å². The Morgan fingerprint density at radius 2 is 2.24 bits per heavy atom. The number of rotatable bonds is 9. The average molecular weight is 347 g/mol. The highest BCUT2D eigenvalue weighted by molar-refractivity contribution is 5.75. The third-order valence-electron chi connectivity index (χ3n) is 4.70. The Hall–Kier alpha value is -2.21. The summed E-state index contributed by atoms with van der Waals surface area (Å²) in [4.78, 5) is 36.0. The highest BCUT2D eigenvalue weighted by atomic mass is 16.5. The van der Waals surface area contributed by atoms with E-state index in [0.29, 0.717) is 31.6 Å². The van der Waals surface area contributed by atoms with Crippen molar-refractivity contribution in [2.24, 2.45) is 0 Å². The molecule has 25 heavy (non-hydrogen) atoms. The zero-order valence-electron chi connectivity index (χ0n) is 14.5. The molecule has 1 aliphatic heterocycles. The molecule has 1 aliphatic rings. The molecule has 0 saturated carbocycles. The van der Waals surface area contributed by atoms with Gasteiger partial charge >= 0.3 is 6.09 Å². The van der Waals surface area contributed by atoms with Crippen LogP contribution < -0.4 is 0 Å². The summed E-state index contributed by atoms with van der Waals surface area (Å²) in [6, 6.07) is 6.47. The summed E-state index contributed by atoms with van der Waals surface area (Å²) >= 11 is 0. The predicted molar refractivity (Wildman–Crippen MR) is 92.9 cm³/mol. The fourth-order valence-electron chi connectivity index (χ4n) is 3.42. The van der Waals surface area contributed by atoms with E-state index in [1.807, 2.05) is 13.0 Å². The third-order valence-corrected chi connectivity index (χ3v) is 4.70. The van der Waals surface area contributed by atoms with Gasteiger partial charge in [-0.2, -0.15) is 0 Å². The van der Waals surface area contributed by atoms with Crippen LogP contribution in [0.15, 0.2) is 24.3 Å². The molecule has 0 aromatic heterocycles. The lowest BCUT2D eigenvalue weighted by molar-refractivity contribution is -0.140. The normalized spacial score (nSPS) is 19.4. The maximum atomic E-state index is 12.1. The first-order chi connectivity index (χ1) is 12.1. The van der Waals surface area contributed by atoms with Gasteiger partial charge in [-0.1, -0.05) is 31.5 Å². The first kappa shape index (κ1) is 19.1. The second kappa shape index (κ2) is 8.76. The van der Waals surface area contributed by atoms with Gasteiger partial charge in [0.2, 0.25) is 0 Å². The minimum Gasteiger partial charge on any atom is -0.465 e. The van der Waals surface area contributed by atoms with Crippen LogP contribution in [-0.2, 0) is 16.0 Å². The van der Waals surface area contributed by atoms with Crippen molar-refractivity contribution >= 4 is 18.7 Å². The maximum absolute atomic E-state index is 12.1. The van der Waals surface area contributed by atoms with Gasteiger partial charge in [0.15, 0.2) is 6.29 Å². The van der Waals surface area contributed by atoms with E-state index < -0.39 is 17.7 Å². The van der Waals surface area contributed by atoms with Crippen molar-refractivity contribution in [2.45, 2.75) is 50.7 Å². The van der Waals surface area contributed by atoms with Crippen molar-refractivity contribution in [1.29, 1.82) is 0 Å². The van der Waals surface area contributed by atoms with Gasteiger partial charge in [-0.15, -0.1) is 0 Å². The Morgan fingerprint density at radius 1 is 1.44 bits per heavy atom. The molecule has 2 unspecified atom stereocenters. The number of hydrogen-bond donors (Lipinski definition) is 1. The topological polar surface area (TPSA) is 83.9 Å². The smallest absolute Gasteiger partial charge is 0.407 e. The van der Waals surface area contributed by atoms with E-state index in [-0.39, 0.29) is 6.42 Å². The number of carbonyl (C=O) groups excluding carboxylic acids is 2. The number of aldehydes is 2. The highest BCUT2D eigenvalue weighted by Crippen LogP contribution is 2.32. The van der Waals surface area contributed by atoms with Crippen LogP contribution in [0.1, 0.15) is 48.5 Å². The molecule has 1 amide bonds. The Labute approximate surface area is 147 Å². The van der Waals surface area contributed by atoms with Gasteiger partial charge in [0.1, 0.15) is 11.9 Å². The van der Waals surface area contributed by atoms with Gasteiger partial charge in [-0.05, 0) is 30.9 Å². The minimum absolute atomic E-state index is 0.246. The molecule has 1 aromatic carbocycles. The quantitative estimate of drug-likeness (QED) is 0.548. The van der Waals surface area contributed by atoms with Crippen molar-refractivity contribution in [3.8, 4) is 0 Å².